The van der Waals surface area contributed by atoms with Crippen molar-refractivity contribution in [3.05, 3.63) is 71.5 Å². The van der Waals surface area contributed by atoms with Crippen LogP contribution < -0.4 is 10.1 Å². The molecule has 0 aliphatic carbocycles. The number of H-pyrrole nitrogens is 1. The Kier molecular flexibility index (Phi) is 4.67. The lowest BCUT2D eigenvalue weighted by atomic mass is 10.1. The van der Waals surface area contributed by atoms with E-state index in [0.29, 0.717) is 22.6 Å². The molecule has 0 spiro atoms. The van der Waals surface area contributed by atoms with Crippen molar-refractivity contribution < 1.29 is 9.53 Å². The molecule has 0 radical (unpaired) electrons. The topological polar surface area (TPSA) is 104 Å². The van der Waals surface area contributed by atoms with Crippen molar-refractivity contribution in [2.45, 2.75) is 6.92 Å². The van der Waals surface area contributed by atoms with E-state index in [1.165, 1.54) is 6.20 Å². The van der Waals surface area contributed by atoms with E-state index in [1.807, 2.05) is 42.5 Å². The minimum Gasteiger partial charge on any atom is -0.496 e. The SMILES string of the molecule is COc1ccccc1-c1n[nH]c2ccc(NC(=O)c3ncc(C#N)cc3C)cc12. The van der Waals surface area contributed by atoms with Gasteiger partial charge in [0, 0.05) is 22.8 Å². The summed E-state index contributed by atoms with van der Waals surface area (Å²) in [6.45, 7) is 1.75. The molecule has 29 heavy (non-hydrogen) atoms. The van der Waals surface area contributed by atoms with E-state index in [-0.39, 0.29) is 11.6 Å². The smallest absolute Gasteiger partial charge is 0.274 e. The van der Waals surface area contributed by atoms with E-state index < -0.39 is 0 Å². The lowest BCUT2D eigenvalue weighted by Gasteiger charge is -2.08. The molecule has 0 unspecified atom stereocenters. The minimum absolute atomic E-state index is 0.279. The molecule has 0 fully saturated rings. The quantitative estimate of drug-likeness (QED) is 0.553. The largest absolute Gasteiger partial charge is 0.496 e. The number of carbonyl (C=O) groups is 1. The fraction of sp³-hybridized carbons (Fsp3) is 0.0909. The van der Waals surface area contributed by atoms with Crippen LogP contribution in [0.25, 0.3) is 22.2 Å². The third-order valence-corrected chi connectivity index (χ3v) is 4.61. The summed E-state index contributed by atoms with van der Waals surface area (Å²) >= 11 is 0. The Hall–Kier alpha value is -4.18. The number of aromatic amines is 1. The summed E-state index contributed by atoms with van der Waals surface area (Å²) in [6, 6.07) is 16.8. The number of methoxy groups -OCH3 is 1. The fourth-order valence-corrected chi connectivity index (χ4v) is 3.20. The zero-order chi connectivity index (χ0) is 20.4. The summed E-state index contributed by atoms with van der Waals surface area (Å²) in [4.78, 5) is 16.8. The van der Waals surface area contributed by atoms with E-state index >= 15 is 0 Å². The number of para-hydroxylation sites is 1. The number of nitriles is 1. The fourth-order valence-electron chi connectivity index (χ4n) is 3.20. The Morgan fingerprint density at radius 1 is 1.21 bits per heavy atom. The number of hydrogen-bond acceptors (Lipinski definition) is 5. The molecule has 0 bridgehead atoms. The maximum Gasteiger partial charge on any atom is 0.274 e. The maximum atomic E-state index is 12.7. The molecule has 0 aliphatic rings. The molecule has 0 aliphatic heterocycles. The van der Waals surface area contributed by atoms with Crippen LogP contribution in [0.5, 0.6) is 5.75 Å². The number of anilines is 1. The van der Waals surface area contributed by atoms with Crippen LogP contribution in [-0.2, 0) is 0 Å². The number of aryl methyl sites for hydroxylation is 1. The predicted octanol–water partition coefficient (Wildman–Crippen LogP) is 4.07. The first-order chi connectivity index (χ1) is 14.1. The number of hydrogen-bond donors (Lipinski definition) is 2. The zero-order valence-corrected chi connectivity index (χ0v) is 15.9. The van der Waals surface area contributed by atoms with Gasteiger partial charge in [-0.05, 0) is 48.9 Å². The van der Waals surface area contributed by atoms with Crippen LogP contribution in [0.2, 0.25) is 0 Å². The van der Waals surface area contributed by atoms with Crippen molar-refractivity contribution in [2.24, 2.45) is 0 Å². The Balaban J connectivity index is 1.69. The number of rotatable bonds is 4. The summed E-state index contributed by atoms with van der Waals surface area (Å²) in [5.74, 6) is 0.376. The number of carbonyl (C=O) groups excluding carboxylic acids is 1. The van der Waals surface area contributed by atoms with Gasteiger partial charge >= 0.3 is 0 Å². The number of amides is 1. The number of benzene rings is 2. The first-order valence-corrected chi connectivity index (χ1v) is 8.90. The average molecular weight is 383 g/mol. The van der Waals surface area contributed by atoms with Crippen LogP contribution >= 0.6 is 0 Å². The third kappa shape index (κ3) is 3.39. The van der Waals surface area contributed by atoms with Gasteiger partial charge in [-0.3, -0.25) is 9.89 Å². The Labute approximate surface area is 167 Å². The van der Waals surface area contributed by atoms with Crippen LogP contribution in [0.3, 0.4) is 0 Å². The van der Waals surface area contributed by atoms with E-state index in [0.717, 1.165) is 22.2 Å². The highest BCUT2D eigenvalue weighted by Gasteiger charge is 2.15. The maximum absolute atomic E-state index is 12.7. The third-order valence-electron chi connectivity index (χ3n) is 4.61. The second-order valence-electron chi connectivity index (χ2n) is 6.49. The predicted molar refractivity (Wildman–Crippen MR) is 110 cm³/mol. The first kappa shape index (κ1) is 18.2. The Morgan fingerprint density at radius 2 is 2.03 bits per heavy atom. The molecular weight excluding hydrogens is 366 g/mol. The van der Waals surface area contributed by atoms with Gasteiger partial charge in [0.05, 0.1) is 18.2 Å². The molecule has 4 aromatic rings. The molecule has 2 aromatic heterocycles. The van der Waals surface area contributed by atoms with E-state index in [9.17, 15) is 4.79 Å². The standard InChI is InChI=1S/C22H17N5O2/c1-13-9-14(11-23)12-24-20(13)22(28)25-15-7-8-18-17(10-15)21(27-26-18)16-5-3-4-6-19(16)29-2/h3-10,12H,1-2H3,(H,25,28)(H,26,27). The number of ether oxygens (including phenoxy) is 1. The van der Waals surface area contributed by atoms with Crippen molar-refractivity contribution in [3.8, 4) is 23.1 Å². The van der Waals surface area contributed by atoms with Crippen molar-refractivity contribution in [1.29, 1.82) is 5.26 Å². The molecular formula is C22H17N5O2. The van der Waals surface area contributed by atoms with Crippen LogP contribution in [0.4, 0.5) is 5.69 Å². The van der Waals surface area contributed by atoms with E-state index in [2.05, 4.69) is 20.5 Å². The van der Waals surface area contributed by atoms with E-state index in [4.69, 9.17) is 10.00 Å². The molecule has 0 atom stereocenters. The highest BCUT2D eigenvalue weighted by atomic mass is 16.5. The molecule has 2 aromatic carbocycles. The molecule has 2 N–H and O–H groups in total. The second kappa shape index (κ2) is 7.44. The number of nitrogens with zero attached hydrogens (tertiary/aromatic N) is 3. The summed E-state index contributed by atoms with van der Waals surface area (Å²) in [6.07, 6.45) is 1.39. The van der Waals surface area contributed by atoms with Gasteiger partial charge in [-0.1, -0.05) is 12.1 Å². The molecule has 7 nitrogen and oxygen atoms in total. The molecule has 1 amide bonds. The average Bonchev–Trinajstić information content (AvgIpc) is 3.16. The van der Waals surface area contributed by atoms with Gasteiger partial charge in [0.25, 0.3) is 5.91 Å². The monoisotopic (exact) mass is 383 g/mol. The van der Waals surface area contributed by atoms with Crippen molar-refractivity contribution >= 4 is 22.5 Å². The highest BCUT2D eigenvalue weighted by Crippen LogP contribution is 2.34. The molecule has 2 heterocycles. The first-order valence-electron chi connectivity index (χ1n) is 8.90. The van der Waals surface area contributed by atoms with Gasteiger partial charge in [-0.25, -0.2) is 4.98 Å². The van der Waals surface area contributed by atoms with Gasteiger partial charge in [0.1, 0.15) is 23.2 Å². The molecule has 0 saturated carbocycles. The van der Waals surface area contributed by atoms with Crippen molar-refractivity contribution in [2.75, 3.05) is 12.4 Å². The Bertz CT molecular complexity index is 1270. The van der Waals surface area contributed by atoms with Crippen molar-refractivity contribution in [1.82, 2.24) is 15.2 Å². The van der Waals surface area contributed by atoms with Crippen LogP contribution in [0.1, 0.15) is 21.6 Å². The van der Waals surface area contributed by atoms with Crippen LogP contribution in [0, 0.1) is 18.3 Å². The van der Waals surface area contributed by atoms with Crippen LogP contribution in [-0.4, -0.2) is 28.2 Å². The van der Waals surface area contributed by atoms with Gasteiger partial charge in [-0.15, -0.1) is 0 Å². The lowest BCUT2D eigenvalue weighted by Crippen LogP contribution is -2.15. The van der Waals surface area contributed by atoms with Gasteiger partial charge in [0.15, 0.2) is 0 Å². The van der Waals surface area contributed by atoms with Gasteiger partial charge < -0.3 is 10.1 Å². The molecule has 4 rings (SSSR count). The number of fused-ring (bicyclic) bond motifs is 1. The minimum atomic E-state index is -0.339. The van der Waals surface area contributed by atoms with Crippen LogP contribution in [0.15, 0.2) is 54.7 Å². The van der Waals surface area contributed by atoms with Gasteiger partial charge in [-0.2, -0.15) is 10.4 Å². The number of nitrogens with one attached hydrogen (secondary N) is 2. The molecule has 7 heteroatoms. The summed E-state index contributed by atoms with van der Waals surface area (Å²) in [7, 11) is 1.62. The van der Waals surface area contributed by atoms with E-state index in [1.54, 1.807) is 26.2 Å². The normalized spacial score (nSPS) is 10.5. The highest BCUT2D eigenvalue weighted by molar-refractivity contribution is 6.05. The van der Waals surface area contributed by atoms with Gasteiger partial charge in [0.2, 0.25) is 0 Å². The second-order valence-corrected chi connectivity index (χ2v) is 6.49. The summed E-state index contributed by atoms with van der Waals surface area (Å²) in [5, 5.41) is 20.1. The zero-order valence-electron chi connectivity index (χ0n) is 15.9. The summed E-state index contributed by atoms with van der Waals surface area (Å²) < 4.78 is 5.45. The Morgan fingerprint density at radius 3 is 2.79 bits per heavy atom. The summed E-state index contributed by atoms with van der Waals surface area (Å²) in [5.41, 5.74) is 4.39. The molecule has 0 saturated heterocycles. The number of aromatic nitrogens is 3. The van der Waals surface area contributed by atoms with Crippen molar-refractivity contribution in [3.63, 3.8) is 0 Å². The molecule has 142 valence electrons. The number of pyridine rings is 1. The lowest BCUT2D eigenvalue weighted by molar-refractivity contribution is 0.102.